The van der Waals surface area contributed by atoms with Gasteiger partial charge in [-0.3, -0.25) is 4.79 Å². The van der Waals surface area contributed by atoms with Crippen molar-refractivity contribution in [2.24, 2.45) is 17.6 Å². The lowest BCUT2D eigenvalue weighted by Crippen LogP contribution is -2.45. The largest absolute Gasteiger partial charge is 0.388 e. The molecule has 1 atom stereocenters. The molecule has 0 saturated heterocycles. The van der Waals surface area contributed by atoms with E-state index in [4.69, 9.17) is 5.73 Å². The molecule has 1 rings (SSSR count). The van der Waals surface area contributed by atoms with Gasteiger partial charge in [0, 0.05) is 13.0 Å². The van der Waals surface area contributed by atoms with E-state index >= 15 is 0 Å². The van der Waals surface area contributed by atoms with E-state index < -0.39 is 5.60 Å². The maximum absolute atomic E-state index is 11.6. The molecule has 100 valence electrons. The number of amides is 1. The van der Waals surface area contributed by atoms with Gasteiger partial charge < -0.3 is 16.2 Å². The number of carbonyl (C=O) groups excluding carboxylic acids is 1. The molecule has 4 heteroatoms. The van der Waals surface area contributed by atoms with Crippen LogP contribution in [0.3, 0.4) is 0 Å². The molecule has 1 amide bonds. The molecule has 0 aromatic rings. The van der Waals surface area contributed by atoms with Crippen molar-refractivity contribution in [2.75, 3.05) is 13.1 Å². The summed E-state index contributed by atoms with van der Waals surface area (Å²) in [6.07, 6.45) is 4.13. The minimum Gasteiger partial charge on any atom is -0.388 e. The second-order valence-electron chi connectivity index (χ2n) is 5.73. The summed E-state index contributed by atoms with van der Waals surface area (Å²) in [5.74, 6) is 0.897. The van der Waals surface area contributed by atoms with Crippen molar-refractivity contribution in [1.82, 2.24) is 5.32 Å². The van der Waals surface area contributed by atoms with Gasteiger partial charge in [-0.2, -0.15) is 0 Å². The van der Waals surface area contributed by atoms with E-state index in [9.17, 15) is 9.90 Å². The first-order valence-electron chi connectivity index (χ1n) is 6.64. The average Bonchev–Trinajstić information content (AvgIpc) is 2.31. The maximum atomic E-state index is 11.6. The number of carbonyl (C=O) groups is 1. The molecular formula is C13H26N2O2. The third-order valence-corrected chi connectivity index (χ3v) is 3.76. The predicted molar refractivity (Wildman–Crippen MR) is 68.4 cm³/mol. The number of nitrogens with two attached hydrogens (primary N) is 1. The van der Waals surface area contributed by atoms with E-state index in [2.05, 4.69) is 12.2 Å². The topological polar surface area (TPSA) is 75.3 Å². The zero-order valence-electron chi connectivity index (χ0n) is 11.0. The Morgan fingerprint density at radius 3 is 2.65 bits per heavy atom. The first-order chi connectivity index (χ1) is 7.95. The predicted octanol–water partition coefficient (Wildman–Crippen LogP) is 1.03. The van der Waals surface area contributed by atoms with Crippen molar-refractivity contribution in [1.29, 1.82) is 0 Å². The van der Waals surface area contributed by atoms with E-state index in [1.807, 2.05) is 6.92 Å². The van der Waals surface area contributed by atoms with Crippen LogP contribution in [-0.4, -0.2) is 29.7 Å². The van der Waals surface area contributed by atoms with E-state index in [0.717, 1.165) is 25.7 Å². The minimum absolute atomic E-state index is 0.00463. The van der Waals surface area contributed by atoms with E-state index in [-0.39, 0.29) is 11.8 Å². The summed E-state index contributed by atoms with van der Waals surface area (Å²) in [5, 5.41) is 13.1. The summed E-state index contributed by atoms with van der Waals surface area (Å²) in [6.45, 7) is 5.07. The van der Waals surface area contributed by atoms with Crippen molar-refractivity contribution in [3.05, 3.63) is 0 Å². The highest BCUT2D eigenvalue weighted by molar-refractivity contribution is 5.76. The van der Waals surface area contributed by atoms with Crippen LogP contribution in [0.5, 0.6) is 0 Å². The zero-order chi connectivity index (χ0) is 12.9. The van der Waals surface area contributed by atoms with Gasteiger partial charge in [0.2, 0.25) is 5.91 Å². The molecule has 1 aliphatic carbocycles. The van der Waals surface area contributed by atoms with Gasteiger partial charge >= 0.3 is 0 Å². The molecule has 4 N–H and O–H groups in total. The second kappa shape index (κ2) is 6.36. The molecule has 1 unspecified atom stereocenters. The number of hydrogen-bond donors (Lipinski definition) is 3. The molecule has 1 saturated carbocycles. The van der Waals surface area contributed by atoms with Gasteiger partial charge in [-0.05, 0) is 44.1 Å². The van der Waals surface area contributed by atoms with Crippen LogP contribution in [0.15, 0.2) is 0 Å². The van der Waals surface area contributed by atoms with Crippen LogP contribution in [0.2, 0.25) is 0 Å². The van der Waals surface area contributed by atoms with Gasteiger partial charge in [-0.15, -0.1) is 0 Å². The van der Waals surface area contributed by atoms with Crippen LogP contribution >= 0.6 is 0 Å². The lowest BCUT2D eigenvalue weighted by Gasteiger charge is -2.35. The third-order valence-electron chi connectivity index (χ3n) is 3.76. The maximum Gasteiger partial charge on any atom is 0.220 e. The number of nitrogens with one attached hydrogen (secondary N) is 1. The molecule has 0 bridgehead atoms. The first-order valence-corrected chi connectivity index (χ1v) is 6.64. The summed E-state index contributed by atoms with van der Waals surface area (Å²) >= 11 is 0. The molecule has 17 heavy (non-hydrogen) atoms. The average molecular weight is 242 g/mol. The van der Waals surface area contributed by atoms with Crippen LogP contribution in [0, 0.1) is 11.8 Å². The minimum atomic E-state index is -0.686. The number of rotatable bonds is 5. The summed E-state index contributed by atoms with van der Waals surface area (Å²) in [5.41, 5.74) is 4.78. The fourth-order valence-electron chi connectivity index (χ4n) is 2.21. The normalized spacial score (nSPS) is 30.9. The SMILES string of the molecule is CC1CCC(O)(CNC(=O)CC(C)CN)CC1. The van der Waals surface area contributed by atoms with Crippen molar-refractivity contribution >= 4 is 5.91 Å². The quantitative estimate of drug-likeness (QED) is 0.674. The fraction of sp³-hybridized carbons (Fsp3) is 0.923. The molecule has 1 fully saturated rings. The van der Waals surface area contributed by atoms with Crippen LogP contribution in [-0.2, 0) is 4.79 Å². The fourth-order valence-corrected chi connectivity index (χ4v) is 2.21. The van der Waals surface area contributed by atoms with Crippen LogP contribution in [0.1, 0.15) is 46.0 Å². The molecular weight excluding hydrogens is 216 g/mol. The number of aliphatic hydroxyl groups is 1. The van der Waals surface area contributed by atoms with Gasteiger partial charge in [-0.25, -0.2) is 0 Å². The second-order valence-corrected chi connectivity index (χ2v) is 5.73. The van der Waals surface area contributed by atoms with Crippen molar-refractivity contribution < 1.29 is 9.90 Å². The number of hydrogen-bond acceptors (Lipinski definition) is 3. The Balaban J connectivity index is 2.27. The molecule has 0 spiro atoms. The summed E-state index contributed by atoms with van der Waals surface area (Å²) < 4.78 is 0. The van der Waals surface area contributed by atoms with E-state index in [0.29, 0.717) is 25.4 Å². The summed E-state index contributed by atoms with van der Waals surface area (Å²) in [7, 11) is 0. The Morgan fingerprint density at radius 2 is 2.12 bits per heavy atom. The Bertz CT molecular complexity index is 248. The lowest BCUT2D eigenvalue weighted by atomic mass is 9.79. The Morgan fingerprint density at radius 1 is 1.53 bits per heavy atom. The smallest absolute Gasteiger partial charge is 0.220 e. The highest BCUT2D eigenvalue weighted by Gasteiger charge is 2.31. The monoisotopic (exact) mass is 242 g/mol. The van der Waals surface area contributed by atoms with E-state index in [1.165, 1.54) is 0 Å². The van der Waals surface area contributed by atoms with Gasteiger partial charge in [-0.1, -0.05) is 13.8 Å². The highest BCUT2D eigenvalue weighted by atomic mass is 16.3. The molecule has 0 aliphatic heterocycles. The summed E-state index contributed by atoms with van der Waals surface area (Å²) in [4.78, 5) is 11.6. The Hall–Kier alpha value is -0.610. The van der Waals surface area contributed by atoms with Crippen LogP contribution in [0.4, 0.5) is 0 Å². The van der Waals surface area contributed by atoms with Gasteiger partial charge in [0.25, 0.3) is 0 Å². The zero-order valence-corrected chi connectivity index (χ0v) is 11.0. The third kappa shape index (κ3) is 5.04. The van der Waals surface area contributed by atoms with Gasteiger partial charge in [0.1, 0.15) is 0 Å². The van der Waals surface area contributed by atoms with Crippen LogP contribution < -0.4 is 11.1 Å². The highest BCUT2D eigenvalue weighted by Crippen LogP contribution is 2.31. The molecule has 1 aliphatic rings. The molecule has 0 aromatic carbocycles. The van der Waals surface area contributed by atoms with E-state index in [1.54, 1.807) is 0 Å². The standard InChI is InChI=1S/C13H26N2O2/c1-10-3-5-13(17,6-4-10)9-15-12(16)7-11(2)8-14/h10-11,17H,3-9,14H2,1-2H3,(H,15,16). The van der Waals surface area contributed by atoms with Gasteiger partial charge in [0.15, 0.2) is 0 Å². The van der Waals surface area contributed by atoms with Crippen molar-refractivity contribution in [2.45, 2.75) is 51.6 Å². The lowest BCUT2D eigenvalue weighted by molar-refractivity contribution is -0.123. The van der Waals surface area contributed by atoms with Crippen molar-refractivity contribution in [3.63, 3.8) is 0 Å². The molecule has 0 heterocycles. The summed E-state index contributed by atoms with van der Waals surface area (Å²) in [6, 6.07) is 0. The molecule has 4 nitrogen and oxygen atoms in total. The Kier molecular flexibility index (Phi) is 5.40. The Labute approximate surface area is 104 Å². The molecule has 0 radical (unpaired) electrons. The van der Waals surface area contributed by atoms with Gasteiger partial charge in [0.05, 0.1) is 5.60 Å². The first kappa shape index (κ1) is 14.5. The van der Waals surface area contributed by atoms with Crippen molar-refractivity contribution in [3.8, 4) is 0 Å². The van der Waals surface area contributed by atoms with Crippen LogP contribution in [0.25, 0.3) is 0 Å². The molecule has 0 aromatic heterocycles.